The zero-order chi connectivity index (χ0) is 25.4. The van der Waals surface area contributed by atoms with Crippen LogP contribution in [-0.2, 0) is 15.1 Å². The number of hydrogen-bond donors (Lipinski definition) is 2. The predicted molar refractivity (Wildman–Crippen MR) is 138 cm³/mol. The Hall–Kier alpha value is -2.78. The molecule has 2 aromatic heterocycles. The molecule has 2 N–H and O–H groups in total. The Kier molecular flexibility index (Phi) is 7.02. The molecule has 2 heterocycles. The van der Waals surface area contributed by atoms with E-state index in [-0.39, 0.29) is 17.9 Å². The van der Waals surface area contributed by atoms with Crippen molar-refractivity contribution >= 4 is 28.9 Å². The normalized spacial score (nSPS) is 20.7. The van der Waals surface area contributed by atoms with Crippen molar-refractivity contribution in [3.8, 4) is 10.4 Å². The van der Waals surface area contributed by atoms with Crippen LogP contribution in [0.15, 0.2) is 30.7 Å². The van der Waals surface area contributed by atoms with Gasteiger partial charge in [0.2, 0.25) is 5.95 Å². The van der Waals surface area contributed by atoms with E-state index in [0.717, 1.165) is 21.7 Å². The first-order chi connectivity index (χ1) is 16.4. The molecule has 0 amide bonds. The number of thiazole rings is 1. The van der Waals surface area contributed by atoms with Crippen molar-refractivity contribution in [2.45, 2.75) is 84.5 Å². The first-order valence-electron chi connectivity index (χ1n) is 12.1. The Morgan fingerprint density at radius 2 is 1.94 bits per heavy atom. The van der Waals surface area contributed by atoms with Gasteiger partial charge in [-0.1, -0.05) is 6.07 Å². The molecule has 0 unspecified atom stereocenters. The van der Waals surface area contributed by atoms with Gasteiger partial charge in [0.25, 0.3) is 0 Å². The Morgan fingerprint density at radius 3 is 2.57 bits per heavy atom. The maximum absolute atomic E-state index is 12.4. The summed E-state index contributed by atoms with van der Waals surface area (Å²) < 4.78 is 7.35. The highest BCUT2D eigenvalue weighted by atomic mass is 32.1. The van der Waals surface area contributed by atoms with E-state index >= 15 is 0 Å². The molecule has 1 saturated carbocycles. The van der Waals surface area contributed by atoms with Crippen LogP contribution in [0.2, 0.25) is 0 Å². The average molecular weight is 498 g/mol. The van der Waals surface area contributed by atoms with Crippen LogP contribution in [-0.4, -0.2) is 36.4 Å². The number of esters is 1. The van der Waals surface area contributed by atoms with Crippen LogP contribution in [0.4, 0.5) is 11.6 Å². The second-order valence-electron chi connectivity index (χ2n) is 10.7. The van der Waals surface area contributed by atoms with Crippen LogP contribution in [0.5, 0.6) is 0 Å². The molecule has 1 fully saturated rings. The van der Waals surface area contributed by atoms with Crippen LogP contribution < -0.4 is 5.32 Å². The summed E-state index contributed by atoms with van der Waals surface area (Å²) in [5.74, 6) is 0.204. The average Bonchev–Trinajstić information content (AvgIpc) is 3.43. The molecule has 1 aromatic carbocycles. The third kappa shape index (κ3) is 6.08. The van der Waals surface area contributed by atoms with E-state index in [9.17, 15) is 9.90 Å². The molecule has 3 aromatic rings. The molecule has 4 rings (SSSR count). The van der Waals surface area contributed by atoms with E-state index in [2.05, 4.69) is 40.3 Å². The van der Waals surface area contributed by atoms with Crippen molar-refractivity contribution in [1.82, 2.24) is 19.7 Å². The molecule has 1 aliphatic rings. The minimum atomic E-state index is -1.01. The van der Waals surface area contributed by atoms with Crippen molar-refractivity contribution in [2.75, 3.05) is 5.32 Å². The van der Waals surface area contributed by atoms with Gasteiger partial charge < -0.3 is 15.2 Å². The highest BCUT2D eigenvalue weighted by Gasteiger charge is 2.40. The number of aromatic nitrogens is 4. The maximum Gasteiger partial charge on any atom is 0.309 e. The third-order valence-electron chi connectivity index (χ3n) is 6.11. The molecule has 0 spiro atoms. The molecule has 0 atom stereocenters. The lowest BCUT2D eigenvalue weighted by Crippen LogP contribution is -2.36. The van der Waals surface area contributed by atoms with Gasteiger partial charge in [0.05, 0.1) is 10.8 Å². The highest BCUT2D eigenvalue weighted by molar-refractivity contribution is 7.15. The van der Waals surface area contributed by atoms with Crippen molar-refractivity contribution in [1.29, 1.82) is 0 Å². The first-order valence-corrected chi connectivity index (χ1v) is 13.0. The number of rotatable bonds is 6. The zero-order valence-corrected chi connectivity index (χ0v) is 22.1. The minimum absolute atomic E-state index is 0.174. The predicted octanol–water partition coefficient (Wildman–Crippen LogP) is 5.75. The number of benzene rings is 1. The van der Waals surface area contributed by atoms with Gasteiger partial charge in [-0.25, -0.2) is 14.6 Å². The molecule has 8 nitrogen and oxygen atoms in total. The largest absolute Gasteiger partial charge is 0.460 e. The lowest BCUT2D eigenvalue weighted by Gasteiger charge is -2.34. The second kappa shape index (κ2) is 9.70. The smallest absolute Gasteiger partial charge is 0.309 e. The molecular weight excluding hydrogens is 462 g/mol. The molecule has 1 aliphatic carbocycles. The quantitative estimate of drug-likeness (QED) is 0.418. The van der Waals surface area contributed by atoms with Gasteiger partial charge in [-0.15, -0.1) is 16.4 Å². The number of anilines is 2. The SMILES string of the molecule is Cc1cc(Nc2ncn(C(C)C)n2)cc(-c2cnc(C3(O)CCC(C(=O)OC(C)(C)C)CC3)s2)c1. The van der Waals surface area contributed by atoms with E-state index in [1.165, 1.54) is 11.3 Å². The lowest BCUT2D eigenvalue weighted by molar-refractivity contribution is -0.163. The highest BCUT2D eigenvalue weighted by Crippen LogP contribution is 2.43. The number of hydrogen-bond acceptors (Lipinski definition) is 8. The summed E-state index contributed by atoms with van der Waals surface area (Å²) in [7, 11) is 0. The van der Waals surface area contributed by atoms with Crippen LogP contribution in [0.3, 0.4) is 0 Å². The number of aliphatic hydroxyl groups is 1. The van der Waals surface area contributed by atoms with E-state index in [4.69, 9.17) is 4.74 Å². The fraction of sp³-hybridized carbons (Fsp3) is 0.538. The van der Waals surface area contributed by atoms with Crippen LogP contribution in [0.1, 0.15) is 76.9 Å². The maximum atomic E-state index is 12.4. The van der Waals surface area contributed by atoms with Crippen molar-refractivity contribution in [2.24, 2.45) is 5.92 Å². The topological polar surface area (TPSA) is 102 Å². The molecule has 0 radical (unpaired) electrons. The Labute approximate surface area is 210 Å². The molecule has 0 aliphatic heterocycles. The summed E-state index contributed by atoms with van der Waals surface area (Å²) in [5, 5.41) is 19.8. The van der Waals surface area contributed by atoms with Crippen molar-refractivity contribution in [3.63, 3.8) is 0 Å². The number of nitrogens with zero attached hydrogens (tertiary/aromatic N) is 4. The first kappa shape index (κ1) is 25.3. The van der Waals surface area contributed by atoms with Gasteiger partial charge in [-0.05, 0) is 90.5 Å². The summed E-state index contributed by atoms with van der Waals surface area (Å²) in [4.78, 5) is 22.4. The summed E-state index contributed by atoms with van der Waals surface area (Å²) in [5.41, 5.74) is 1.50. The molecular formula is C26H35N5O3S. The number of nitrogens with one attached hydrogen (secondary N) is 1. The molecule has 0 bridgehead atoms. The van der Waals surface area contributed by atoms with E-state index in [0.29, 0.717) is 36.6 Å². The van der Waals surface area contributed by atoms with Gasteiger partial charge in [-0.3, -0.25) is 4.79 Å². The number of aryl methyl sites for hydroxylation is 1. The standard InChI is InChI=1S/C26H35N5O3S/c1-16(2)31-15-28-24(30-31)29-20-12-17(3)11-19(13-20)21-14-27-23(35-21)26(33)9-7-18(8-10-26)22(32)34-25(4,5)6/h11-16,18,33H,7-10H2,1-6H3,(H,29,30). The van der Waals surface area contributed by atoms with Crippen LogP contribution >= 0.6 is 11.3 Å². The number of carbonyl (C=O) groups is 1. The molecule has 188 valence electrons. The monoisotopic (exact) mass is 497 g/mol. The summed E-state index contributed by atoms with van der Waals surface area (Å²) in [6, 6.07) is 6.44. The second-order valence-corrected chi connectivity index (χ2v) is 11.8. The van der Waals surface area contributed by atoms with Gasteiger partial charge in [-0.2, -0.15) is 0 Å². The minimum Gasteiger partial charge on any atom is -0.460 e. The third-order valence-corrected chi connectivity index (χ3v) is 7.35. The van der Waals surface area contributed by atoms with E-state index < -0.39 is 11.2 Å². The lowest BCUT2D eigenvalue weighted by atomic mass is 9.79. The van der Waals surface area contributed by atoms with E-state index in [1.54, 1.807) is 6.33 Å². The molecule has 0 saturated heterocycles. The van der Waals surface area contributed by atoms with Gasteiger partial charge in [0.15, 0.2) is 0 Å². The number of ether oxygens (including phenoxy) is 1. The van der Waals surface area contributed by atoms with Gasteiger partial charge in [0, 0.05) is 17.9 Å². The van der Waals surface area contributed by atoms with Crippen LogP contribution in [0, 0.1) is 12.8 Å². The van der Waals surface area contributed by atoms with Gasteiger partial charge in [0.1, 0.15) is 22.5 Å². The zero-order valence-electron chi connectivity index (χ0n) is 21.3. The fourth-order valence-electron chi connectivity index (χ4n) is 4.26. The van der Waals surface area contributed by atoms with Crippen molar-refractivity contribution in [3.05, 3.63) is 41.3 Å². The van der Waals surface area contributed by atoms with Crippen LogP contribution in [0.25, 0.3) is 10.4 Å². The Bertz CT molecular complexity index is 1190. The Balaban J connectivity index is 1.47. The Morgan fingerprint density at radius 1 is 1.23 bits per heavy atom. The summed E-state index contributed by atoms with van der Waals surface area (Å²) >= 11 is 1.50. The molecule has 9 heteroatoms. The molecule has 35 heavy (non-hydrogen) atoms. The summed E-state index contributed by atoms with van der Waals surface area (Å²) in [6.07, 6.45) is 5.71. The fourth-order valence-corrected chi connectivity index (χ4v) is 5.31. The number of carbonyl (C=O) groups excluding carboxylic acids is 1. The van der Waals surface area contributed by atoms with Crippen molar-refractivity contribution < 1.29 is 14.6 Å². The summed E-state index contributed by atoms with van der Waals surface area (Å²) in [6.45, 7) is 11.8. The van der Waals surface area contributed by atoms with E-state index in [1.807, 2.05) is 50.7 Å². The van der Waals surface area contributed by atoms with Gasteiger partial charge >= 0.3 is 5.97 Å².